The quantitative estimate of drug-likeness (QED) is 0.901. The summed E-state index contributed by atoms with van der Waals surface area (Å²) < 4.78 is 11.5. The zero-order valence-corrected chi connectivity index (χ0v) is 12.7. The van der Waals surface area contributed by atoms with Gasteiger partial charge in [0.05, 0.1) is 13.2 Å². The van der Waals surface area contributed by atoms with E-state index in [1.807, 2.05) is 6.07 Å². The van der Waals surface area contributed by atoms with Crippen molar-refractivity contribution < 1.29 is 9.47 Å². The maximum absolute atomic E-state index is 6.45. The third-order valence-corrected chi connectivity index (χ3v) is 5.18. The van der Waals surface area contributed by atoms with Crippen molar-refractivity contribution in [3.05, 3.63) is 22.7 Å². The lowest BCUT2D eigenvalue weighted by molar-refractivity contribution is 0.115. The molecule has 0 bridgehead atoms. The van der Waals surface area contributed by atoms with Crippen LogP contribution in [0.1, 0.15) is 44.1 Å². The number of halogens is 1. The molecule has 0 unspecified atom stereocenters. The van der Waals surface area contributed by atoms with Crippen LogP contribution in [0.15, 0.2) is 12.1 Å². The van der Waals surface area contributed by atoms with E-state index in [2.05, 4.69) is 6.07 Å². The van der Waals surface area contributed by atoms with Crippen LogP contribution in [0.2, 0.25) is 5.02 Å². The van der Waals surface area contributed by atoms with E-state index in [9.17, 15) is 0 Å². The Kier molecular flexibility index (Phi) is 3.83. The van der Waals surface area contributed by atoms with Gasteiger partial charge in [-0.1, -0.05) is 18.0 Å². The average molecular weight is 296 g/mol. The Balaban J connectivity index is 1.95. The van der Waals surface area contributed by atoms with Gasteiger partial charge in [0.1, 0.15) is 0 Å². The first-order chi connectivity index (χ1) is 9.68. The summed E-state index contributed by atoms with van der Waals surface area (Å²) in [6, 6.07) is 3.94. The number of methoxy groups -OCH3 is 1. The van der Waals surface area contributed by atoms with E-state index in [-0.39, 0.29) is 5.41 Å². The molecule has 2 N–H and O–H groups in total. The minimum absolute atomic E-state index is 0.0427. The smallest absolute Gasteiger partial charge is 0.162 e. The molecule has 1 aromatic carbocycles. The molecule has 110 valence electrons. The van der Waals surface area contributed by atoms with E-state index in [0.717, 1.165) is 47.8 Å². The highest BCUT2D eigenvalue weighted by Crippen LogP contribution is 2.48. The first-order valence-electron chi connectivity index (χ1n) is 7.43. The first kappa shape index (κ1) is 14.0. The fraction of sp³-hybridized carbons (Fsp3) is 0.625. The highest BCUT2D eigenvalue weighted by Gasteiger charge is 2.39. The van der Waals surface area contributed by atoms with E-state index in [4.69, 9.17) is 26.8 Å². The Labute approximate surface area is 125 Å². The van der Waals surface area contributed by atoms with Crippen molar-refractivity contribution in [3.63, 3.8) is 0 Å². The fourth-order valence-electron chi connectivity index (χ4n) is 3.05. The van der Waals surface area contributed by atoms with Gasteiger partial charge in [0.25, 0.3) is 0 Å². The maximum atomic E-state index is 6.45. The van der Waals surface area contributed by atoms with Gasteiger partial charge in [-0.25, -0.2) is 0 Å². The summed E-state index contributed by atoms with van der Waals surface area (Å²) in [5, 5.41) is 0.743. The van der Waals surface area contributed by atoms with Crippen LogP contribution in [0.5, 0.6) is 11.5 Å². The van der Waals surface area contributed by atoms with E-state index in [1.54, 1.807) is 7.11 Å². The van der Waals surface area contributed by atoms with E-state index < -0.39 is 0 Å². The van der Waals surface area contributed by atoms with Gasteiger partial charge >= 0.3 is 0 Å². The Morgan fingerprint density at radius 2 is 2.00 bits per heavy atom. The topological polar surface area (TPSA) is 44.5 Å². The summed E-state index contributed by atoms with van der Waals surface area (Å²) in [4.78, 5) is 0. The summed E-state index contributed by atoms with van der Waals surface area (Å²) in [5.41, 5.74) is 7.17. The summed E-state index contributed by atoms with van der Waals surface area (Å²) in [6.07, 6.45) is 7.27. The van der Waals surface area contributed by atoms with E-state index in [1.165, 1.54) is 12.8 Å². The van der Waals surface area contributed by atoms with Crippen molar-refractivity contribution in [1.29, 1.82) is 0 Å². The summed E-state index contributed by atoms with van der Waals surface area (Å²) in [6.45, 7) is 0.641. The zero-order chi connectivity index (χ0) is 14.2. The molecule has 0 amide bonds. The molecule has 0 heterocycles. The van der Waals surface area contributed by atoms with Crippen LogP contribution < -0.4 is 15.2 Å². The van der Waals surface area contributed by atoms with Gasteiger partial charge in [0.15, 0.2) is 11.5 Å². The maximum Gasteiger partial charge on any atom is 0.162 e. The average Bonchev–Trinajstić information content (AvgIpc) is 2.35. The molecule has 0 spiro atoms. The molecule has 2 saturated carbocycles. The summed E-state index contributed by atoms with van der Waals surface area (Å²) in [7, 11) is 1.65. The number of hydrogen-bond acceptors (Lipinski definition) is 3. The molecular weight excluding hydrogens is 274 g/mol. The highest BCUT2D eigenvalue weighted by molar-refractivity contribution is 6.31. The molecule has 0 radical (unpaired) electrons. The van der Waals surface area contributed by atoms with Crippen LogP contribution in [0.25, 0.3) is 0 Å². The molecule has 2 aliphatic carbocycles. The third-order valence-electron chi connectivity index (χ3n) is 4.87. The van der Waals surface area contributed by atoms with Crippen molar-refractivity contribution in [2.24, 2.45) is 5.73 Å². The molecule has 2 fully saturated rings. The Morgan fingerprint density at radius 3 is 2.45 bits per heavy atom. The van der Waals surface area contributed by atoms with Crippen molar-refractivity contribution in [2.45, 2.75) is 50.0 Å². The molecule has 0 saturated heterocycles. The molecule has 1 aromatic rings. The number of nitrogens with two attached hydrogens (primary N) is 1. The second-order valence-corrected chi connectivity index (χ2v) is 6.40. The van der Waals surface area contributed by atoms with Crippen LogP contribution in [0, 0.1) is 0 Å². The molecule has 3 rings (SSSR count). The Bertz CT molecular complexity index is 490. The van der Waals surface area contributed by atoms with Crippen LogP contribution in [0.3, 0.4) is 0 Å². The van der Waals surface area contributed by atoms with Crippen molar-refractivity contribution >= 4 is 11.6 Å². The molecule has 4 heteroatoms. The van der Waals surface area contributed by atoms with Crippen molar-refractivity contribution in [2.75, 3.05) is 13.7 Å². The molecule has 3 nitrogen and oxygen atoms in total. The molecule has 0 atom stereocenters. The van der Waals surface area contributed by atoms with Gasteiger partial charge in [-0.15, -0.1) is 0 Å². The Morgan fingerprint density at radius 1 is 1.25 bits per heavy atom. The highest BCUT2D eigenvalue weighted by atomic mass is 35.5. The van der Waals surface area contributed by atoms with Gasteiger partial charge in [-0.3, -0.25) is 0 Å². The predicted molar refractivity (Wildman–Crippen MR) is 80.9 cm³/mol. The van der Waals surface area contributed by atoms with Crippen LogP contribution in [0.4, 0.5) is 0 Å². The number of ether oxygens (including phenoxy) is 2. The third kappa shape index (κ3) is 2.27. The van der Waals surface area contributed by atoms with E-state index >= 15 is 0 Å². The number of benzene rings is 1. The first-order valence-corrected chi connectivity index (χ1v) is 7.81. The van der Waals surface area contributed by atoms with Crippen LogP contribution in [-0.2, 0) is 5.41 Å². The minimum atomic E-state index is 0.0427. The fourth-order valence-corrected chi connectivity index (χ4v) is 3.40. The van der Waals surface area contributed by atoms with E-state index in [0.29, 0.717) is 12.6 Å². The zero-order valence-electron chi connectivity index (χ0n) is 12.0. The molecular formula is C16H22ClNO2. The minimum Gasteiger partial charge on any atom is -0.493 e. The monoisotopic (exact) mass is 295 g/mol. The molecule has 20 heavy (non-hydrogen) atoms. The summed E-state index contributed by atoms with van der Waals surface area (Å²) in [5.74, 6) is 1.54. The van der Waals surface area contributed by atoms with Gasteiger partial charge in [-0.2, -0.15) is 0 Å². The van der Waals surface area contributed by atoms with Gasteiger partial charge in [-0.05, 0) is 43.7 Å². The standard InChI is InChI=1S/C16H22ClNO2/c1-19-14-9-13(17)12(16(10-18)6-3-7-16)8-15(14)20-11-4-2-5-11/h8-9,11H,2-7,10,18H2,1H3. The number of rotatable bonds is 5. The normalized spacial score (nSPS) is 20.9. The SMILES string of the molecule is COc1cc(Cl)c(C2(CN)CCC2)cc1OC1CCC1. The van der Waals surface area contributed by atoms with Crippen molar-refractivity contribution in [1.82, 2.24) is 0 Å². The molecule has 2 aliphatic rings. The number of hydrogen-bond donors (Lipinski definition) is 1. The van der Waals surface area contributed by atoms with Crippen molar-refractivity contribution in [3.8, 4) is 11.5 Å². The predicted octanol–water partition coefficient (Wildman–Crippen LogP) is 3.66. The Hall–Kier alpha value is -0.930. The summed E-state index contributed by atoms with van der Waals surface area (Å²) >= 11 is 6.45. The molecule has 0 aliphatic heterocycles. The van der Waals surface area contributed by atoms with Gasteiger partial charge < -0.3 is 15.2 Å². The lowest BCUT2D eigenvalue weighted by Crippen LogP contribution is -2.41. The molecule has 0 aromatic heterocycles. The lowest BCUT2D eigenvalue weighted by atomic mass is 9.64. The second-order valence-electron chi connectivity index (χ2n) is 5.99. The van der Waals surface area contributed by atoms with Gasteiger partial charge in [0.2, 0.25) is 0 Å². The largest absolute Gasteiger partial charge is 0.493 e. The van der Waals surface area contributed by atoms with Crippen LogP contribution in [-0.4, -0.2) is 19.8 Å². The van der Waals surface area contributed by atoms with Gasteiger partial charge in [0, 0.05) is 23.0 Å². The van der Waals surface area contributed by atoms with Crippen LogP contribution >= 0.6 is 11.6 Å². The lowest BCUT2D eigenvalue weighted by Gasteiger charge is -2.42. The second kappa shape index (κ2) is 5.45.